The highest BCUT2D eigenvalue weighted by Crippen LogP contribution is 2.21. The van der Waals surface area contributed by atoms with Gasteiger partial charge in [-0.15, -0.1) is 0 Å². The number of aliphatic carboxylic acids is 1. The highest BCUT2D eigenvalue weighted by molar-refractivity contribution is 5.94. The molecule has 1 rings (SSSR count). The first-order valence-corrected chi connectivity index (χ1v) is 6.75. The van der Waals surface area contributed by atoms with Crippen molar-refractivity contribution >= 4 is 11.9 Å². The smallest absolute Gasteiger partial charge is 0.328 e. The predicted molar refractivity (Wildman–Crippen MR) is 78.5 cm³/mol. The number of benzene rings is 1. The lowest BCUT2D eigenvalue weighted by Gasteiger charge is -2.15. The second-order valence-electron chi connectivity index (χ2n) is 4.88. The molecule has 0 fully saturated rings. The molecule has 0 bridgehead atoms. The van der Waals surface area contributed by atoms with Crippen LogP contribution in [0.2, 0.25) is 0 Å². The van der Waals surface area contributed by atoms with Gasteiger partial charge < -0.3 is 10.4 Å². The highest BCUT2D eigenvalue weighted by Gasteiger charge is 2.09. The van der Waals surface area contributed by atoms with Crippen LogP contribution in [0.4, 0.5) is 0 Å². The van der Waals surface area contributed by atoms with Gasteiger partial charge in [-0.1, -0.05) is 38.1 Å². The van der Waals surface area contributed by atoms with Crippen molar-refractivity contribution in [1.29, 1.82) is 0 Å². The second kappa shape index (κ2) is 7.48. The van der Waals surface area contributed by atoms with Crippen LogP contribution < -0.4 is 5.32 Å². The zero-order valence-corrected chi connectivity index (χ0v) is 12.1. The predicted octanol–water partition coefficient (Wildman–Crippen LogP) is 3.02. The van der Waals surface area contributed by atoms with Gasteiger partial charge >= 0.3 is 5.97 Å². The molecule has 0 radical (unpaired) electrons. The third-order valence-corrected chi connectivity index (χ3v) is 3.35. The number of nitrogens with one attached hydrogen (secondary N) is 1. The molecule has 2 unspecified atom stereocenters. The van der Waals surface area contributed by atoms with Crippen molar-refractivity contribution in [1.82, 2.24) is 5.32 Å². The van der Waals surface area contributed by atoms with Crippen molar-refractivity contribution in [2.24, 2.45) is 0 Å². The number of amides is 1. The first-order valence-electron chi connectivity index (χ1n) is 6.75. The normalized spacial score (nSPS) is 13.9. The summed E-state index contributed by atoms with van der Waals surface area (Å²) in [4.78, 5) is 21.8. The summed E-state index contributed by atoms with van der Waals surface area (Å²) in [5.41, 5.74) is 2.27. The Labute approximate surface area is 119 Å². The van der Waals surface area contributed by atoms with Gasteiger partial charge in [-0.3, -0.25) is 4.79 Å². The lowest BCUT2D eigenvalue weighted by Crippen LogP contribution is -2.24. The number of carbonyl (C=O) groups excluding carboxylic acids is 1. The first-order chi connectivity index (χ1) is 9.43. The van der Waals surface area contributed by atoms with Gasteiger partial charge in [0, 0.05) is 12.2 Å². The molecular formula is C16H21NO3. The number of rotatable bonds is 6. The Morgan fingerprint density at radius 3 is 2.20 bits per heavy atom. The van der Waals surface area contributed by atoms with Gasteiger partial charge in [0.1, 0.15) is 0 Å². The molecule has 0 aliphatic carbocycles. The van der Waals surface area contributed by atoms with E-state index in [0.717, 1.165) is 24.1 Å². The lowest BCUT2D eigenvalue weighted by atomic mass is 9.96. The molecule has 2 atom stereocenters. The van der Waals surface area contributed by atoms with Gasteiger partial charge in [0.2, 0.25) is 5.91 Å². The average molecular weight is 275 g/mol. The van der Waals surface area contributed by atoms with Crippen LogP contribution >= 0.6 is 0 Å². The second-order valence-corrected chi connectivity index (χ2v) is 4.88. The maximum atomic E-state index is 11.5. The van der Waals surface area contributed by atoms with E-state index in [0.29, 0.717) is 5.92 Å². The third kappa shape index (κ3) is 4.88. The monoisotopic (exact) mass is 275 g/mol. The van der Waals surface area contributed by atoms with Crippen LogP contribution in [-0.2, 0) is 9.59 Å². The zero-order chi connectivity index (χ0) is 15.1. The third-order valence-electron chi connectivity index (χ3n) is 3.35. The Morgan fingerprint density at radius 2 is 1.70 bits per heavy atom. The van der Waals surface area contributed by atoms with E-state index in [1.165, 1.54) is 5.56 Å². The standard InChI is InChI=1S/C16H21NO3/c1-4-11(2)13-5-7-14(8-6-13)12(3)17-15(18)9-10-16(19)20/h5-12H,4H2,1-3H3,(H,17,18)(H,19,20)/b10-9+. The van der Waals surface area contributed by atoms with Crippen molar-refractivity contribution < 1.29 is 14.7 Å². The fourth-order valence-electron chi connectivity index (χ4n) is 1.84. The fraction of sp³-hybridized carbons (Fsp3) is 0.375. The maximum Gasteiger partial charge on any atom is 0.328 e. The van der Waals surface area contributed by atoms with E-state index in [4.69, 9.17) is 5.11 Å². The molecule has 1 amide bonds. The van der Waals surface area contributed by atoms with Crippen LogP contribution in [0, 0.1) is 0 Å². The van der Waals surface area contributed by atoms with Crippen LogP contribution in [0.25, 0.3) is 0 Å². The Morgan fingerprint density at radius 1 is 1.15 bits per heavy atom. The fourth-order valence-corrected chi connectivity index (χ4v) is 1.84. The van der Waals surface area contributed by atoms with Crippen molar-refractivity contribution in [3.63, 3.8) is 0 Å². The molecule has 0 saturated heterocycles. The summed E-state index contributed by atoms with van der Waals surface area (Å²) in [5.74, 6) is -1.02. The minimum atomic E-state index is -1.13. The SMILES string of the molecule is CCC(C)c1ccc(C(C)NC(=O)/C=C/C(=O)O)cc1. The molecule has 4 heteroatoms. The molecule has 0 saturated carbocycles. The van der Waals surface area contributed by atoms with Gasteiger partial charge in [0.05, 0.1) is 6.04 Å². The molecule has 0 aromatic heterocycles. The van der Waals surface area contributed by atoms with Crippen molar-refractivity contribution in [2.75, 3.05) is 0 Å². The molecule has 108 valence electrons. The van der Waals surface area contributed by atoms with Crippen LogP contribution in [0.1, 0.15) is 50.3 Å². The molecule has 0 heterocycles. The lowest BCUT2D eigenvalue weighted by molar-refractivity contribution is -0.131. The van der Waals surface area contributed by atoms with E-state index < -0.39 is 11.9 Å². The van der Waals surface area contributed by atoms with Crippen molar-refractivity contribution in [2.45, 2.75) is 39.2 Å². The van der Waals surface area contributed by atoms with Crippen LogP contribution in [0.15, 0.2) is 36.4 Å². The van der Waals surface area contributed by atoms with Gasteiger partial charge in [0.25, 0.3) is 0 Å². The summed E-state index contributed by atoms with van der Waals surface area (Å²) in [5, 5.41) is 11.2. The van der Waals surface area contributed by atoms with Crippen molar-refractivity contribution in [3.05, 3.63) is 47.5 Å². The van der Waals surface area contributed by atoms with E-state index in [1.807, 2.05) is 19.1 Å². The highest BCUT2D eigenvalue weighted by atomic mass is 16.4. The van der Waals surface area contributed by atoms with Gasteiger partial charge in [-0.25, -0.2) is 4.79 Å². The molecular weight excluding hydrogens is 254 g/mol. The Balaban J connectivity index is 2.66. The maximum absolute atomic E-state index is 11.5. The largest absolute Gasteiger partial charge is 0.478 e. The number of hydrogen-bond acceptors (Lipinski definition) is 2. The molecule has 1 aromatic carbocycles. The van der Waals surface area contributed by atoms with Gasteiger partial charge in [-0.05, 0) is 30.4 Å². The summed E-state index contributed by atoms with van der Waals surface area (Å²) >= 11 is 0. The Hall–Kier alpha value is -2.10. The van der Waals surface area contributed by atoms with E-state index in [2.05, 4.69) is 31.3 Å². The summed E-state index contributed by atoms with van der Waals surface area (Å²) in [7, 11) is 0. The molecule has 20 heavy (non-hydrogen) atoms. The summed E-state index contributed by atoms with van der Waals surface area (Å²) in [6.45, 7) is 6.19. The molecule has 4 nitrogen and oxygen atoms in total. The van der Waals surface area contributed by atoms with Crippen LogP contribution in [0.5, 0.6) is 0 Å². The molecule has 1 aromatic rings. The van der Waals surface area contributed by atoms with Gasteiger partial charge in [-0.2, -0.15) is 0 Å². The van der Waals surface area contributed by atoms with Crippen molar-refractivity contribution in [3.8, 4) is 0 Å². The molecule has 0 aliphatic rings. The van der Waals surface area contributed by atoms with E-state index >= 15 is 0 Å². The van der Waals surface area contributed by atoms with E-state index in [1.54, 1.807) is 0 Å². The van der Waals surface area contributed by atoms with E-state index in [-0.39, 0.29) is 6.04 Å². The minimum Gasteiger partial charge on any atom is -0.478 e. The number of carboxylic acid groups (broad SMARTS) is 1. The van der Waals surface area contributed by atoms with Crippen LogP contribution in [-0.4, -0.2) is 17.0 Å². The number of carbonyl (C=O) groups is 2. The minimum absolute atomic E-state index is 0.160. The Bertz CT molecular complexity index is 491. The Kier molecular flexibility index (Phi) is 5.97. The quantitative estimate of drug-likeness (QED) is 0.784. The van der Waals surface area contributed by atoms with Crippen LogP contribution in [0.3, 0.4) is 0 Å². The molecule has 0 spiro atoms. The topological polar surface area (TPSA) is 66.4 Å². The first kappa shape index (κ1) is 16.0. The zero-order valence-electron chi connectivity index (χ0n) is 12.1. The average Bonchev–Trinajstić information content (AvgIpc) is 2.44. The molecule has 2 N–H and O–H groups in total. The summed E-state index contributed by atoms with van der Waals surface area (Å²) < 4.78 is 0. The summed E-state index contributed by atoms with van der Waals surface area (Å²) in [6, 6.07) is 7.96. The van der Waals surface area contributed by atoms with Gasteiger partial charge in [0.15, 0.2) is 0 Å². The van der Waals surface area contributed by atoms with E-state index in [9.17, 15) is 9.59 Å². The molecule has 0 aliphatic heterocycles. The number of hydrogen-bond donors (Lipinski definition) is 2. The number of carboxylic acids is 1. The summed E-state index contributed by atoms with van der Waals surface area (Å²) in [6.07, 6.45) is 2.94.